The van der Waals surface area contributed by atoms with Crippen LogP contribution in [-0.2, 0) is 0 Å². The summed E-state index contributed by atoms with van der Waals surface area (Å²) in [4.78, 5) is 15.4. The molecule has 82 valence electrons. The van der Waals surface area contributed by atoms with Gasteiger partial charge in [-0.05, 0) is 43.8 Å². The standard InChI is InChI=1S/C12H17NOS/c1-2-10(13-7-3-4-8-13)12(14)11-6-5-9-15-11/h5-6,9-10H,2-4,7-8H2,1H3/t10-/m0/s1. The second kappa shape index (κ2) is 4.90. The number of hydrogen-bond donors (Lipinski definition) is 0. The Kier molecular flexibility index (Phi) is 3.54. The lowest BCUT2D eigenvalue weighted by Crippen LogP contribution is -2.38. The van der Waals surface area contributed by atoms with Crippen LogP contribution < -0.4 is 0 Å². The van der Waals surface area contributed by atoms with Crippen LogP contribution >= 0.6 is 11.3 Å². The highest BCUT2D eigenvalue weighted by Gasteiger charge is 2.27. The van der Waals surface area contributed by atoms with Crippen molar-refractivity contribution in [2.75, 3.05) is 13.1 Å². The predicted octanol–water partition coefficient (Wildman–Crippen LogP) is 2.81. The summed E-state index contributed by atoms with van der Waals surface area (Å²) in [6.07, 6.45) is 3.42. The Morgan fingerprint density at radius 2 is 2.27 bits per heavy atom. The zero-order valence-electron chi connectivity index (χ0n) is 9.11. The molecular weight excluding hydrogens is 206 g/mol. The Bertz CT molecular complexity index is 314. The molecule has 1 saturated heterocycles. The van der Waals surface area contributed by atoms with Gasteiger partial charge in [-0.2, -0.15) is 0 Å². The van der Waals surface area contributed by atoms with E-state index < -0.39 is 0 Å². The molecule has 1 aromatic rings. The number of hydrogen-bond acceptors (Lipinski definition) is 3. The van der Waals surface area contributed by atoms with Gasteiger partial charge in [0.15, 0.2) is 5.78 Å². The summed E-state index contributed by atoms with van der Waals surface area (Å²) in [5.41, 5.74) is 0. The summed E-state index contributed by atoms with van der Waals surface area (Å²) < 4.78 is 0. The van der Waals surface area contributed by atoms with E-state index in [0.717, 1.165) is 24.4 Å². The zero-order chi connectivity index (χ0) is 10.7. The molecule has 0 radical (unpaired) electrons. The van der Waals surface area contributed by atoms with Crippen LogP contribution in [0.3, 0.4) is 0 Å². The van der Waals surface area contributed by atoms with Gasteiger partial charge in [-0.15, -0.1) is 11.3 Å². The smallest absolute Gasteiger partial charge is 0.189 e. The van der Waals surface area contributed by atoms with Crippen molar-refractivity contribution < 1.29 is 4.79 Å². The number of rotatable bonds is 4. The van der Waals surface area contributed by atoms with E-state index in [1.54, 1.807) is 11.3 Å². The molecule has 1 aliphatic rings. The van der Waals surface area contributed by atoms with E-state index in [1.807, 2.05) is 17.5 Å². The van der Waals surface area contributed by atoms with Gasteiger partial charge in [0.1, 0.15) is 0 Å². The average molecular weight is 223 g/mol. The van der Waals surface area contributed by atoms with E-state index in [0.29, 0.717) is 5.78 Å². The highest BCUT2D eigenvalue weighted by Crippen LogP contribution is 2.20. The molecule has 15 heavy (non-hydrogen) atoms. The first-order valence-corrected chi connectivity index (χ1v) is 6.52. The van der Waals surface area contributed by atoms with Crippen LogP contribution in [0.2, 0.25) is 0 Å². The highest BCUT2D eigenvalue weighted by molar-refractivity contribution is 7.12. The van der Waals surface area contributed by atoms with E-state index in [9.17, 15) is 4.79 Å². The SMILES string of the molecule is CC[C@@H](C(=O)c1cccs1)N1CCCC1. The van der Waals surface area contributed by atoms with Gasteiger partial charge < -0.3 is 0 Å². The predicted molar refractivity (Wildman–Crippen MR) is 63.5 cm³/mol. The third-order valence-electron chi connectivity index (χ3n) is 3.03. The third kappa shape index (κ3) is 2.29. The van der Waals surface area contributed by atoms with Gasteiger partial charge in [-0.25, -0.2) is 0 Å². The number of Topliss-reactive ketones (excluding diaryl/α,β-unsaturated/α-hetero) is 1. The van der Waals surface area contributed by atoms with E-state index >= 15 is 0 Å². The number of likely N-dealkylation sites (tertiary alicyclic amines) is 1. The average Bonchev–Trinajstić information content (AvgIpc) is 2.91. The van der Waals surface area contributed by atoms with Crippen molar-refractivity contribution in [2.24, 2.45) is 0 Å². The van der Waals surface area contributed by atoms with Crippen molar-refractivity contribution in [1.29, 1.82) is 0 Å². The number of thiophene rings is 1. The fraction of sp³-hybridized carbons (Fsp3) is 0.583. The Morgan fingerprint density at radius 1 is 1.53 bits per heavy atom. The normalized spacial score (nSPS) is 19.3. The molecule has 0 saturated carbocycles. The Balaban J connectivity index is 2.09. The summed E-state index contributed by atoms with van der Waals surface area (Å²) in [5, 5.41) is 1.98. The molecule has 2 heterocycles. The molecular formula is C12H17NOS. The van der Waals surface area contributed by atoms with Gasteiger partial charge in [0.25, 0.3) is 0 Å². The molecule has 0 bridgehead atoms. The monoisotopic (exact) mass is 223 g/mol. The maximum Gasteiger partial charge on any atom is 0.189 e. The minimum Gasteiger partial charge on any atom is -0.293 e. The van der Waals surface area contributed by atoms with E-state index in [2.05, 4.69) is 11.8 Å². The number of nitrogens with zero attached hydrogens (tertiary/aromatic N) is 1. The van der Waals surface area contributed by atoms with Crippen LogP contribution in [0, 0.1) is 0 Å². The molecule has 0 aliphatic carbocycles. The van der Waals surface area contributed by atoms with Gasteiger partial charge in [-0.3, -0.25) is 9.69 Å². The molecule has 0 amide bonds. The lowest BCUT2D eigenvalue weighted by atomic mass is 10.1. The fourth-order valence-corrected chi connectivity index (χ4v) is 2.96. The molecule has 1 atom stereocenters. The second-order valence-corrected chi connectivity index (χ2v) is 4.96. The number of carbonyl (C=O) groups is 1. The molecule has 0 spiro atoms. The van der Waals surface area contributed by atoms with Gasteiger partial charge in [0.2, 0.25) is 0 Å². The van der Waals surface area contributed by atoms with Crippen LogP contribution in [0.4, 0.5) is 0 Å². The molecule has 1 aromatic heterocycles. The van der Waals surface area contributed by atoms with Gasteiger partial charge in [0.05, 0.1) is 10.9 Å². The summed E-state index contributed by atoms with van der Waals surface area (Å²) in [5.74, 6) is 0.314. The van der Waals surface area contributed by atoms with Crippen molar-refractivity contribution >= 4 is 17.1 Å². The minimum atomic E-state index is 0.117. The molecule has 0 aromatic carbocycles. The third-order valence-corrected chi connectivity index (χ3v) is 3.92. The maximum atomic E-state index is 12.2. The van der Waals surface area contributed by atoms with Gasteiger partial charge in [-0.1, -0.05) is 13.0 Å². The first kappa shape index (κ1) is 10.8. The zero-order valence-corrected chi connectivity index (χ0v) is 9.93. The first-order valence-electron chi connectivity index (χ1n) is 5.64. The molecule has 0 unspecified atom stereocenters. The van der Waals surface area contributed by atoms with Crippen molar-refractivity contribution in [2.45, 2.75) is 32.2 Å². The van der Waals surface area contributed by atoms with Crippen LogP contribution in [0.1, 0.15) is 35.9 Å². The minimum absolute atomic E-state index is 0.117. The first-order chi connectivity index (χ1) is 7.33. The Labute approximate surface area is 94.9 Å². The van der Waals surface area contributed by atoms with Crippen molar-refractivity contribution in [3.63, 3.8) is 0 Å². The van der Waals surface area contributed by atoms with E-state index in [4.69, 9.17) is 0 Å². The molecule has 1 fully saturated rings. The van der Waals surface area contributed by atoms with Gasteiger partial charge >= 0.3 is 0 Å². The van der Waals surface area contributed by atoms with Gasteiger partial charge in [0, 0.05) is 0 Å². The van der Waals surface area contributed by atoms with Crippen LogP contribution in [-0.4, -0.2) is 29.8 Å². The van der Waals surface area contributed by atoms with Crippen LogP contribution in [0.25, 0.3) is 0 Å². The molecule has 2 nitrogen and oxygen atoms in total. The van der Waals surface area contributed by atoms with Crippen molar-refractivity contribution in [1.82, 2.24) is 4.90 Å². The van der Waals surface area contributed by atoms with Crippen LogP contribution in [0.5, 0.6) is 0 Å². The lowest BCUT2D eigenvalue weighted by molar-refractivity contribution is 0.0848. The summed E-state index contributed by atoms with van der Waals surface area (Å²) in [7, 11) is 0. The van der Waals surface area contributed by atoms with Crippen LogP contribution in [0.15, 0.2) is 17.5 Å². The molecule has 2 rings (SSSR count). The molecule has 1 aliphatic heterocycles. The quantitative estimate of drug-likeness (QED) is 0.732. The summed E-state index contributed by atoms with van der Waals surface area (Å²) in [6, 6.07) is 4.01. The fourth-order valence-electron chi connectivity index (χ4n) is 2.25. The largest absolute Gasteiger partial charge is 0.293 e. The number of carbonyl (C=O) groups excluding carboxylic acids is 1. The molecule has 3 heteroatoms. The van der Waals surface area contributed by atoms with E-state index in [-0.39, 0.29) is 6.04 Å². The second-order valence-electron chi connectivity index (χ2n) is 4.01. The van der Waals surface area contributed by atoms with Crippen molar-refractivity contribution in [3.05, 3.63) is 22.4 Å². The summed E-state index contributed by atoms with van der Waals surface area (Å²) >= 11 is 1.56. The van der Waals surface area contributed by atoms with E-state index in [1.165, 1.54) is 12.8 Å². The topological polar surface area (TPSA) is 20.3 Å². The highest BCUT2D eigenvalue weighted by atomic mass is 32.1. The maximum absolute atomic E-state index is 12.2. The number of ketones is 1. The lowest BCUT2D eigenvalue weighted by Gasteiger charge is -2.24. The molecule has 0 N–H and O–H groups in total. The Hall–Kier alpha value is -0.670. The Morgan fingerprint density at radius 3 is 2.80 bits per heavy atom. The summed E-state index contributed by atoms with van der Waals surface area (Å²) in [6.45, 7) is 4.29. The van der Waals surface area contributed by atoms with Crippen molar-refractivity contribution in [3.8, 4) is 0 Å².